The van der Waals surface area contributed by atoms with Crippen molar-refractivity contribution in [3.8, 4) is 0 Å². The van der Waals surface area contributed by atoms with E-state index in [-0.39, 0.29) is 29.1 Å². The number of ether oxygens (including phenoxy) is 1. The maximum absolute atomic E-state index is 14.2. The Morgan fingerprint density at radius 3 is 2.12 bits per heavy atom. The van der Waals surface area contributed by atoms with Gasteiger partial charge in [-0.3, -0.25) is 19.2 Å². The van der Waals surface area contributed by atoms with E-state index in [1.54, 1.807) is 0 Å². The number of amides is 5. The molecule has 0 aromatic rings. The number of nitrogens with one attached hydrogen (secondary N) is 3. The summed E-state index contributed by atoms with van der Waals surface area (Å²) in [5.74, 6) is -2.32. The Kier molecular flexibility index (Phi) is 9.52. The molecule has 4 rings (SSSR count). The van der Waals surface area contributed by atoms with Gasteiger partial charge in [0.15, 0.2) is 6.29 Å². The van der Waals surface area contributed by atoms with Crippen LogP contribution in [0.2, 0.25) is 0 Å². The van der Waals surface area contributed by atoms with Crippen LogP contribution in [0.3, 0.4) is 0 Å². The second-order valence-electron chi connectivity index (χ2n) is 15.2. The van der Waals surface area contributed by atoms with E-state index in [0.717, 1.165) is 25.7 Å². The van der Waals surface area contributed by atoms with E-state index in [4.69, 9.17) is 10.5 Å². The Balaban J connectivity index is 1.48. The molecule has 3 saturated carbocycles. The maximum atomic E-state index is 14.2. The van der Waals surface area contributed by atoms with Crippen LogP contribution in [-0.4, -0.2) is 83.2 Å². The first-order valence-electron chi connectivity index (χ1n) is 15.7. The van der Waals surface area contributed by atoms with Gasteiger partial charge in [-0.05, 0) is 59.7 Å². The largest absolute Gasteiger partial charge is 0.366 e. The monoisotopic (exact) mass is 605 g/mol. The molecule has 0 aromatic carbocycles. The minimum absolute atomic E-state index is 0.0828. The number of nitrogens with two attached hydrogens (primary N) is 1. The van der Waals surface area contributed by atoms with E-state index >= 15 is 0 Å². The van der Waals surface area contributed by atoms with E-state index in [9.17, 15) is 29.1 Å². The summed E-state index contributed by atoms with van der Waals surface area (Å²) in [7, 11) is 0. The number of likely N-dealkylation sites (tertiary alicyclic amines) is 1. The van der Waals surface area contributed by atoms with Gasteiger partial charge in [-0.2, -0.15) is 0 Å². The summed E-state index contributed by atoms with van der Waals surface area (Å²) in [5.41, 5.74) is 4.38. The number of ketones is 1. The summed E-state index contributed by atoms with van der Waals surface area (Å²) in [6.45, 7) is 14.1. The molecule has 1 saturated heterocycles. The van der Waals surface area contributed by atoms with Gasteiger partial charge in [0.25, 0.3) is 5.91 Å². The van der Waals surface area contributed by atoms with Crippen molar-refractivity contribution in [2.24, 2.45) is 46.2 Å². The summed E-state index contributed by atoms with van der Waals surface area (Å²) < 4.78 is 5.60. The van der Waals surface area contributed by atoms with Crippen molar-refractivity contribution in [2.45, 2.75) is 111 Å². The van der Waals surface area contributed by atoms with Crippen LogP contribution < -0.4 is 21.7 Å². The number of Topliss-reactive ketones (excluding diaryl/α,β-unsaturated/α-hetero) is 1. The number of carbonyl (C=O) groups excluding carboxylic acids is 5. The lowest BCUT2D eigenvalue weighted by molar-refractivity contribution is -0.145. The topological polar surface area (TPSA) is 180 Å². The Morgan fingerprint density at radius 1 is 1.00 bits per heavy atom. The van der Waals surface area contributed by atoms with Gasteiger partial charge in [-0.15, -0.1) is 0 Å². The Bertz CT molecular complexity index is 1110. The Hall–Kier alpha value is -2.73. The number of fused-ring (bicyclic) bond motifs is 1. The van der Waals surface area contributed by atoms with Crippen molar-refractivity contribution in [1.82, 2.24) is 20.9 Å². The van der Waals surface area contributed by atoms with Crippen LogP contribution in [-0.2, 0) is 23.9 Å². The zero-order valence-electron chi connectivity index (χ0n) is 26.6. The highest BCUT2D eigenvalue weighted by Gasteiger charge is 2.70. The van der Waals surface area contributed by atoms with Crippen LogP contribution >= 0.6 is 0 Å². The van der Waals surface area contributed by atoms with Gasteiger partial charge in [0.2, 0.25) is 17.6 Å². The zero-order valence-corrected chi connectivity index (χ0v) is 26.6. The maximum Gasteiger partial charge on any atom is 0.315 e. The summed E-state index contributed by atoms with van der Waals surface area (Å²) >= 11 is 0. The molecular formula is C31H51N5O7. The quantitative estimate of drug-likeness (QED) is 0.146. The molecule has 0 bridgehead atoms. The third-order valence-electron chi connectivity index (χ3n) is 9.81. The highest BCUT2D eigenvalue weighted by atomic mass is 16.6. The fraction of sp³-hybridized carbons (Fsp3) is 0.839. The normalized spacial score (nSPS) is 27.0. The third-order valence-corrected chi connectivity index (χ3v) is 9.81. The smallest absolute Gasteiger partial charge is 0.315 e. The van der Waals surface area contributed by atoms with E-state index in [0.29, 0.717) is 25.5 Å². The van der Waals surface area contributed by atoms with Crippen LogP contribution in [0.1, 0.15) is 80.6 Å². The number of piperidine rings is 1. The minimum Gasteiger partial charge on any atom is -0.366 e. The molecule has 7 atom stereocenters. The van der Waals surface area contributed by atoms with Crippen LogP contribution in [0.5, 0.6) is 0 Å². The van der Waals surface area contributed by atoms with Crippen molar-refractivity contribution in [3.63, 3.8) is 0 Å². The molecule has 0 spiro atoms. The molecule has 2 unspecified atom stereocenters. The van der Waals surface area contributed by atoms with Gasteiger partial charge < -0.3 is 36.4 Å². The molecule has 4 aliphatic rings. The van der Waals surface area contributed by atoms with Crippen LogP contribution in [0, 0.1) is 40.4 Å². The average molecular weight is 606 g/mol. The molecule has 242 valence electrons. The predicted octanol–water partition coefficient (Wildman–Crippen LogP) is 1.29. The van der Waals surface area contributed by atoms with Gasteiger partial charge >= 0.3 is 6.03 Å². The van der Waals surface area contributed by atoms with Crippen molar-refractivity contribution < 1.29 is 33.8 Å². The summed E-state index contributed by atoms with van der Waals surface area (Å²) in [5, 5.41) is 19.0. The molecule has 4 fully saturated rings. The lowest BCUT2D eigenvalue weighted by Gasteiger charge is -2.38. The zero-order chi connectivity index (χ0) is 32.0. The lowest BCUT2D eigenvalue weighted by Crippen LogP contribution is -2.62. The molecule has 3 aliphatic carbocycles. The number of primary amides is 1. The number of rotatable bonds is 14. The van der Waals surface area contributed by atoms with Crippen LogP contribution in [0.25, 0.3) is 0 Å². The molecule has 0 radical (unpaired) electrons. The average Bonchev–Trinajstić information content (AvgIpc) is 3.85. The van der Waals surface area contributed by atoms with Crippen molar-refractivity contribution in [2.75, 3.05) is 13.2 Å². The van der Waals surface area contributed by atoms with Gasteiger partial charge in [0, 0.05) is 6.54 Å². The van der Waals surface area contributed by atoms with Crippen molar-refractivity contribution in [1.29, 1.82) is 0 Å². The second kappa shape index (κ2) is 12.3. The first kappa shape index (κ1) is 33.2. The van der Waals surface area contributed by atoms with Crippen LogP contribution in [0.15, 0.2) is 0 Å². The van der Waals surface area contributed by atoms with E-state index < -0.39 is 65.4 Å². The second-order valence-corrected chi connectivity index (χ2v) is 15.2. The number of urea groups is 1. The fourth-order valence-electron chi connectivity index (χ4n) is 6.49. The van der Waals surface area contributed by atoms with Gasteiger partial charge in [-0.25, -0.2) is 4.79 Å². The van der Waals surface area contributed by atoms with Gasteiger partial charge in [0.1, 0.15) is 12.1 Å². The molecule has 0 aromatic heterocycles. The van der Waals surface area contributed by atoms with Gasteiger partial charge in [0.05, 0.1) is 18.7 Å². The molecule has 5 amide bonds. The summed E-state index contributed by atoms with van der Waals surface area (Å²) in [6.07, 6.45) is 3.13. The minimum atomic E-state index is -1.19. The van der Waals surface area contributed by atoms with Gasteiger partial charge in [-0.1, -0.05) is 61.3 Å². The lowest BCUT2D eigenvalue weighted by atomic mass is 9.85. The Morgan fingerprint density at radius 2 is 1.60 bits per heavy atom. The first-order chi connectivity index (χ1) is 19.9. The molecular weight excluding hydrogens is 554 g/mol. The van der Waals surface area contributed by atoms with Crippen LogP contribution in [0.4, 0.5) is 4.79 Å². The van der Waals surface area contributed by atoms with E-state index in [2.05, 4.69) is 29.8 Å². The standard InChI is InChI=1S/C31H51N5O7/c1-15(2)21(28(41)43-14-17-10-11-17)34-29(42)35-24(30(3,4)5)27(40)36-13-18-20(31(18,6)7)22(36)26(39)33-19(12-16-8-9-16)23(37)25(32)38/h15-22,24,28,41H,8-14H2,1-7H3,(H2,32,38)(H,33,39)(H2,34,35,42)/t18-,19?,20-,21-,22-,24+,28?/m0/s1. The van der Waals surface area contributed by atoms with E-state index in [1.807, 2.05) is 34.6 Å². The number of aliphatic hydroxyl groups excluding tert-OH is 1. The fourth-order valence-corrected chi connectivity index (χ4v) is 6.49. The molecule has 1 aliphatic heterocycles. The number of hydrogen-bond acceptors (Lipinski definition) is 7. The molecule has 12 heteroatoms. The SMILES string of the molecule is CC(C)[C@H](NC(=O)N[C@H](C(=O)N1C[C@H]2[C@@H]([C@H]1C(=O)NC(CC1CC1)C(=O)C(N)=O)C2(C)C)C(C)(C)C)C(O)OCC1CC1. The van der Waals surface area contributed by atoms with Crippen molar-refractivity contribution in [3.05, 3.63) is 0 Å². The number of nitrogens with zero attached hydrogens (tertiary/aromatic N) is 1. The molecule has 1 heterocycles. The third kappa shape index (κ3) is 7.68. The summed E-state index contributed by atoms with van der Waals surface area (Å²) in [4.78, 5) is 67.0. The first-order valence-corrected chi connectivity index (χ1v) is 15.7. The highest BCUT2D eigenvalue weighted by molar-refractivity contribution is 6.37. The highest BCUT2D eigenvalue weighted by Crippen LogP contribution is 2.65. The predicted molar refractivity (Wildman–Crippen MR) is 158 cm³/mol. The number of carbonyl (C=O) groups is 5. The Labute approximate surface area is 254 Å². The molecule has 6 N–H and O–H groups in total. The summed E-state index contributed by atoms with van der Waals surface area (Å²) in [6, 6.07) is -4.19. The van der Waals surface area contributed by atoms with E-state index in [1.165, 1.54) is 4.90 Å². The molecule has 12 nitrogen and oxygen atoms in total. The van der Waals surface area contributed by atoms with Crippen molar-refractivity contribution >= 4 is 29.5 Å². The molecule has 43 heavy (non-hydrogen) atoms. The number of hydrogen-bond donors (Lipinski definition) is 5. The number of aliphatic hydroxyl groups is 1.